The van der Waals surface area contributed by atoms with Crippen LogP contribution in [0.15, 0.2) is 70.7 Å². The minimum Gasteiger partial charge on any atom is -0.507 e. The van der Waals surface area contributed by atoms with Gasteiger partial charge in [-0.1, -0.05) is 17.7 Å². The van der Waals surface area contributed by atoms with E-state index in [2.05, 4.69) is 0 Å². The number of Topliss-reactive ketones (excluding diaryl/α,β-unsaturated/α-hetero) is 1. The van der Waals surface area contributed by atoms with Crippen molar-refractivity contribution in [1.29, 1.82) is 0 Å². The fraction of sp³-hybridized carbons (Fsp3) is 0.200. The van der Waals surface area contributed by atoms with Crippen LogP contribution in [0.5, 0.6) is 5.75 Å². The number of rotatable bonds is 5. The van der Waals surface area contributed by atoms with Crippen molar-refractivity contribution in [1.82, 2.24) is 0 Å². The van der Waals surface area contributed by atoms with Gasteiger partial charge in [-0.2, -0.15) is 0 Å². The van der Waals surface area contributed by atoms with Crippen molar-refractivity contribution in [2.75, 3.05) is 11.5 Å². The Morgan fingerprint density at radius 1 is 1.00 bits per heavy atom. The average Bonchev–Trinajstić information content (AvgIpc) is 3.30. The first-order chi connectivity index (χ1) is 14.9. The smallest absolute Gasteiger partial charge is 0.300 e. The number of ketones is 1. The van der Waals surface area contributed by atoms with E-state index in [1.807, 2.05) is 26.0 Å². The summed E-state index contributed by atoms with van der Waals surface area (Å²) in [5.41, 5.74) is 1.99. The maximum absolute atomic E-state index is 13.1. The number of carbonyl (C=O) groups is 2. The van der Waals surface area contributed by atoms with Gasteiger partial charge in [-0.3, -0.25) is 14.5 Å². The Hall–Kier alpha value is -3.80. The summed E-state index contributed by atoms with van der Waals surface area (Å²) in [5, 5.41) is 11.1. The van der Waals surface area contributed by atoms with Crippen LogP contribution in [-0.2, 0) is 9.59 Å². The van der Waals surface area contributed by atoms with E-state index < -0.39 is 17.7 Å². The van der Waals surface area contributed by atoms with E-state index in [-0.39, 0.29) is 11.3 Å². The highest BCUT2D eigenvalue weighted by atomic mass is 16.5. The molecule has 1 N–H and O–H groups in total. The van der Waals surface area contributed by atoms with Gasteiger partial charge in [0, 0.05) is 11.3 Å². The summed E-state index contributed by atoms with van der Waals surface area (Å²) >= 11 is 0. The summed E-state index contributed by atoms with van der Waals surface area (Å²) < 4.78 is 11.2. The summed E-state index contributed by atoms with van der Waals surface area (Å²) in [6.45, 7) is 6.13. The SMILES string of the molecule is CCOc1ccc(/C(O)=C2/C(=O)C(=O)N(c3ccc(C)cc3)C2c2ccc(C)o2)cc1. The van der Waals surface area contributed by atoms with E-state index in [4.69, 9.17) is 9.15 Å². The third kappa shape index (κ3) is 3.72. The van der Waals surface area contributed by atoms with E-state index in [1.165, 1.54) is 4.90 Å². The largest absolute Gasteiger partial charge is 0.507 e. The lowest BCUT2D eigenvalue weighted by atomic mass is 9.99. The zero-order chi connectivity index (χ0) is 22.1. The molecule has 1 aliphatic heterocycles. The molecule has 1 amide bonds. The zero-order valence-electron chi connectivity index (χ0n) is 17.6. The molecule has 1 aliphatic rings. The number of anilines is 1. The van der Waals surface area contributed by atoms with Crippen molar-refractivity contribution in [3.05, 3.63) is 88.9 Å². The fourth-order valence-electron chi connectivity index (χ4n) is 3.70. The van der Waals surface area contributed by atoms with Gasteiger partial charge in [0.15, 0.2) is 0 Å². The lowest BCUT2D eigenvalue weighted by molar-refractivity contribution is -0.132. The topological polar surface area (TPSA) is 80.0 Å². The van der Waals surface area contributed by atoms with Crippen LogP contribution in [-0.4, -0.2) is 23.4 Å². The molecular formula is C25H23NO5. The molecule has 1 unspecified atom stereocenters. The summed E-state index contributed by atoms with van der Waals surface area (Å²) in [6, 6.07) is 16.6. The lowest BCUT2D eigenvalue weighted by Gasteiger charge is -2.23. The van der Waals surface area contributed by atoms with E-state index in [1.54, 1.807) is 55.5 Å². The molecule has 6 nitrogen and oxygen atoms in total. The van der Waals surface area contributed by atoms with E-state index in [0.717, 1.165) is 5.56 Å². The molecular weight excluding hydrogens is 394 g/mol. The van der Waals surface area contributed by atoms with Gasteiger partial charge in [0.1, 0.15) is 29.1 Å². The van der Waals surface area contributed by atoms with Crippen molar-refractivity contribution < 1.29 is 23.8 Å². The number of furan rings is 1. The van der Waals surface area contributed by atoms with Gasteiger partial charge in [-0.05, 0) is 69.3 Å². The molecule has 31 heavy (non-hydrogen) atoms. The number of amides is 1. The summed E-state index contributed by atoms with van der Waals surface area (Å²) in [6.07, 6.45) is 0. The third-order valence-corrected chi connectivity index (χ3v) is 5.23. The zero-order valence-corrected chi connectivity index (χ0v) is 17.6. The molecule has 1 saturated heterocycles. The molecule has 158 valence electrons. The highest BCUT2D eigenvalue weighted by molar-refractivity contribution is 6.51. The monoisotopic (exact) mass is 417 g/mol. The second-order valence-electron chi connectivity index (χ2n) is 7.41. The number of benzene rings is 2. The van der Waals surface area contributed by atoms with Crippen molar-refractivity contribution in [3.8, 4) is 5.75 Å². The minimum atomic E-state index is -0.872. The number of nitrogens with zero attached hydrogens (tertiary/aromatic N) is 1. The molecule has 0 saturated carbocycles. The van der Waals surface area contributed by atoms with Gasteiger partial charge in [-0.15, -0.1) is 0 Å². The van der Waals surface area contributed by atoms with Gasteiger partial charge < -0.3 is 14.3 Å². The molecule has 0 aliphatic carbocycles. The number of aliphatic hydroxyl groups excluding tert-OH is 1. The number of hydrogen-bond donors (Lipinski definition) is 1. The van der Waals surface area contributed by atoms with Crippen LogP contribution in [0.25, 0.3) is 5.76 Å². The van der Waals surface area contributed by atoms with Crippen molar-refractivity contribution in [2.24, 2.45) is 0 Å². The molecule has 0 bridgehead atoms. The fourth-order valence-corrected chi connectivity index (χ4v) is 3.70. The first-order valence-electron chi connectivity index (χ1n) is 10.1. The van der Waals surface area contributed by atoms with Gasteiger partial charge in [0.05, 0.1) is 12.2 Å². The Labute approximate surface area is 180 Å². The number of hydrogen-bond acceptors (Lipinski definition) is 5. The van der Waals surface area contributed by atoms with E-state index >= 15 is 0 Å². The summed E-state index contributed by atoms with van der Waals surface area (Å²) in [5.74, 6) is -0.0239. The third-order valence-electron chi connectivity index (χ3n) is 5.23. The molecule has 6 heteroatoms. The normalized spacial score (nSPS) is 17.9. The van der Waals surface area contributed by atoms with Crippen LogP contribution >= 0.6 is 0 Å². The van der Waals surface area contributed by atoms with Crippen LogP contribution in [0, 0.1) is 13.8 Å². The first kappa shape index (κ1) is 20.5. The standard InChI is InChI=1S/C25H23NO5/c1-4-30-19-12-8-17(9-13-19)23(27)21-22(20-14-7-16(3)31-20)26(25(29)24(21)28)18-10-5-15(2)6-11-18/h5-14,22,27H,4H2,1-3H3/b23-21-. The number of aliphatic hydroxyl groups is 1. The first-order valence-corrected chi connectivity index (χ1v) is 10.1. The quantitative estimate of drug-likeness (QED) is 0.362. The Balaban J connectivity index is 1.86. The predicted octanol–water partition coefficient (Wildman–Crippen LogP) is 4.92. The Morgan fingerprint density at radius 3 is 2.26 bits per heavy atom. The second kappa shape index (κ2) is 8.14. The summed E-state index contributed by atoms with van der Waals surface area (Å²) in [7, 11) is 0. The Morgan fingerprint density at radius 2 is 1.68 bits per heavy atom. The maximum Gasteiger partial charge on any atom is 0.300 e. The second-order valence-corrected chi connectivity index (χ2v) is 7.41. The van der Waals surface area contributed by atoms with Gasteiger partial charge >= 0.3 is 0 Å². The minimum absolute atomic E-state index is 0.0101. The molecule has 3 aromatic rings. The molecule has 0 radical (unpaired) electrons. The molecule has 4 rings (SSSR count). The van der Waals surface area contributed by atoms with Gasteiger partial charge in [0.25, 0.3) is 11.7 Å². The number of carbonyl (C=O) groups excluding carboxylic acids is 2. The Kier molecular flexibility index (Phi) is 5.38. The van der Waals surface area contributed by atoms with Crippen LogP contribution in [0.1, 0.15) is 35.6 Å². The van der Waals surface area contributed by atoms with Crippen molar-refractivity contribution in [3.63, 3.8) is 0 Å². The van der Waals surface area contributed by atoms with Crippen molar-refractivity contribution in [2.45, 2.75) is 26.8 Å². The predicted molar refractivity (Wildman–Crippen MR) is 117 cm³/mol. The maximum atomic E-state index is 13.1. The molecule has 1 atom stereocenters. The number of aryl methyl sites for hydroxylation is 2. The van der Waals surface area contributed by atoms with Crippen LogP contribution in [0.3, 0.4) is 0 Å². The van der Waals surface area contributed by atoms with Crippen LogP contribution in [0.2, 0.25) is 0 Å². The highest BCUT2D eigenvalue weighted by Crippen LogP contribution is 2.42. The van der Waals surface area contributed by atoms with Gasteiger partial charge in [0.2, 0.25) is 0 Å². The van der Waals surface area contributed by atoms with Crippen molar-refractivity contribution >= 4 is 23.1 Å². The summed E-state index contributed by atoms with van der Waals surface area (Å²) in [4.78, 5) is 27.5. The molecule has 1 fully saturated rings. The Bertz CT molecular complexity index is 1160. The number of ether oxygens (including phenoxy) is 1. The van der Waals surface area contributed by atoms with E-state index in [0.29, 0.717) is 35.1 Å². The van der Waals surface area contributed by atoms with Crippen LogP contribution < -0.4 is 9.64 Å². The van der Waals surface area contributed by atoms with Crippen LogP contribution in [0.4, 0.5) is 5.69 Å². The lowest BCUT2D eigenvalue weighted by Crippen LogP contribution is -2.29. The highest BCUT2D eigenvalue weighted by Gasteiger charge is 2.48. The molecule has 2 aromatic carbocycles. The molecule has 2 heterocycles. The van der Waals surface area contributed by atoms with Gasteiger partial charge in [-0.25, -0.2) is 0 Å². The van der Waals surface area contributed by atoms with E-state index in [9.17, 15) is 14.7 Å². The average molecular weight is 417 g/mol. The molecule has 1 aromatic heterocycles. The molecule has 0 spiro atoms.